The fourth-order valence-corrected chi connectivity index (χ4v) is 2.86. The zero-order valence-electron chi connectivity index (χ0n) is 8.10. The van der Waals surface area contributed by atoms with E-state index in [1.54, 1.807) is 0 Å². The molecule has 0 bridgehead atoms. The van der Waals surface area contributed by atoms with Crippen LogP contribution in [0.4, 0.5) is 0 Å². The normalized spacial score (nSPS) is 32.9. The molecule has 1 heterocycles. The van der Waals surface area contributed by atoms with Gasteiger partial charge in [0, 0.05) is 5.92 Å². The van der Waals surface area contributed by atoms with E-state index in [-0.39, 0.29) is 0 Å². The van der Waals surface area contributed by atoms with Gasteiger partial charge in [0.1, 0.15) is 0 Å². The number of thioether (sulfide) groups is 1. The summed E-state index contributed by atoms with van der Waals surface area (Å²) in [6.45, 7) is 4.48. The molecule has 3 unspecified atom stereocenters. The molecule has 1 aliphatic heterocycles. The predicted octanol–water partition coefficient (Wildman–Crippen LogP) is 3.04. The van der Waals surface area contributed by atoms with Gasteiger partial charge >= 0.3 is 0 Å². The van der Waals surface area contributed by atoms with Crippen LogP contribution in [0.15, 0.2) is 29.3 Å². The van der Waals surface area contributed by atoms with Gasteiger partial charge in [-0.3, -0.25) is 4.99 Å². The van der Waals surface area contributed by atoms with Crippen molar-refractivity contribution in [2.45, 2.75) is 31.6 Å². The van der Waals surface area contributed by atoms with Crippen molar-refractivity contribution in [1.29, 1.82) is 0 Å². The van der Waals surface area contributed by atoms with Crippen LogP contribution in [0.2, 0.25) is 0 Å². The van der Waals surface area contributed by atoms with Gasteiger partial charge in [0.15, 0.2) is 0 Å². The number of nitrogens with zero attached hydrogens (tertiary/aromatic N) is 1. The molecule has 2 heteroatoms. The van der Waals surface area contributed by atoms with E-state index >= 15 is 0 Å². The molecule has 0 saturated heterocycles. The Hall–Kier alpha value is -0.500. The average Bonchev–Trinajstić information content (AvgIpc) is 2.59. The zero-order chi connectivity index (χ0) is 9.26. The molecule has 0 aromatic carbocycles. The summed E-state index contributed by atoms with van der Waals surface area (Å²) in [5.74, 6) is 0.636. The molecular formula is C11H15NS. The lowest BCUT2D eigenvalue weighted by molar-refractivity contribution is 0.742. The van der Waals surface area contributed by atoms with E-state index in [2.05, 4.69) is 38.2 Å². The van der Waals surface area contributed by atoms with Crippen molar-refractivity contribution in [3.63, 3.8) is 0 Å². The van der Waals surface area contributed by atoms with Crippen molar-refractivity contribution in [2.24, 2.45) is 10.9 Å². The van der Waals surface area contributed by atoms with E-state index in [1.807, 2.05) is 11.8 Å². The van der Waals surface area contributed by atoms with Gasteiger partial charge < -0.3 is 0 Å². The molecule has 0 N–H and O–H groups in total. The maximum Gasteiger partial charge on any atom is 0.0850 e. The Balaban J connectivity index is 2.11. The zero-order valence-corrected chi connectivity index (χ0v) is 8.92. The van der Waals surface area contributed by atoms with Crippen LogP contribution in [-0.4, -0.2) is 16.3 Å². The molecule has 2 aliphatic rings. The Morgan fingerprint density at radius 3 is 2.92 bits per heavy atom. The minimum atomic E-state index is 0.416. The molecule has 0 aromatic rings. The SMILES string of the molecule is CCC(C)C1=NC2C=CC=CC2S1. The number of hydrogen-bond donors (Lipinski definition) is 0. The second-order valence-corrected chi connectivity index (χ2v) is 4.82. The molecule has 13 heavy (non-hydrogen) atoms. The molecule has 3 atom stereocenters. The Bertz CT molecular complexity index is 278. The number of hydrogen-bond acceptors (Lipinski definition) is 2. The summed E-state index contributed by atoms with van der Waals surface area (Å²) < 4.78 is 0. The van der Waals surface area contributed by atoms with E-state index in [4.69, 9.17) is 4.99 Å². The lowest BCUT2D eigenvalue weighted by Gasteiger charge is -2.11. The third kappa shape index (κ3) is 1.73. The van der Waals surface area contributed by atoms with E-state index in [0.29, 0.717) is 17.2 Å². The van der Waals surface area contributed by atoms with Gasteiger partial charge in [-0.05, 0) is 6.42 Å². The molecule has 1 nitrogen and oxygen atoms in total. The molecule has 0 spiro atoms. The van der Waals surface area contributed by atoms with Gasteiger partial charge in [-0.2, -0.15) is 0 Å². The van der Waals surface area contributed by atoms with Gasteiger partial charge in [0.05, 0.1) is 16.3 Å². The molecule has 2 rings (SSSR count). The summed E-state index contributed by atoms with van der Waals surface area (Å²) in [6, 6.07) is 0.416. The first-order valence-corrected chi connectivity index (χ1v) is 5.78. The summed E-state index contributed by atoms with van der Waals surface area (Å²) >= 11 is 1.94. The fourth-order valence-electron chi connectivity index (χ4n) is 1.54. The standard InChI is InChI=1S/C11H15NS/c1-3-8(2)11-12-9-6-4-5-7-10(9)13-11/h4-10H,3H2,1-2H3. The summed E-state index contributed by atoms with van der Waals surface area (Å²) in [4.78, 5) is 4.72. The van der Waals surface area contributed by atoms with Crippen LogP contribution in [0.3, 0.4) is 0 Å². The average molecular weight is 193 g/mol. The summed E-state index contributed by atoms with van der Waals surface area (Å²) in [6.07, 6.45) is 9.88. The van der Waals surface area contributed by atoms with E-state index in [9.17, 15) is 0 Å². The lowest BCUT2D eigenvalue weighted by atomic mass is 10.1. The second-order valence-electron chi connectivity index (χ2n) is 3.62. The third-order valence-corrected chi connectivity index (χ3v) is 4.08. The van der Waals surface area contributed by atoms with Crippen molar-refractivity contribution in [2.75, 3.05) is 0 Å². The van der Waals surface area contributed by atoms with Crippen LogP contribution in [0.25, 0.3) is 0 Å². The molecule has 0 aromatic heterocycles. The second kappa shape index (κ2) is 3.70. The van der Waals surface area contributed by atoms with Gasteiger partial charge in [0.25, 0.3) is 0 Å². The minimum Gasteiger partial charge on any atom is -0.274 e. The topological polar surface area (TPSA) is 12.4 Å². The number of allylic oxidation sites excluding steroid dienone is 2. The minimum absolute atomic E-state index is 0.416. The third-order valence-electron chi connectivity index (χ3n) is 2.62. The van der Waals surface area contributed by atoms with Crippen LogP contribution >= 0.6 is 11.8 Å². The van der Waals surface area contributed by atoms with Crippen LogP contribution in [0.5, 0.6) is 0 Å². The van der Waals surface area contributed by atoms with Crippen molar-refractivity contribution < 1.29 is 0 Å². The van der Waals surface area contributed by atoms with Gasteiger partial charge in [-0.25, -0.2) is 0 Å². The summed E-state index contributed by atoms with van der Waals surface area (Å²) in [5.41, 5.74) is 0. The van der Waals surface area contributed by atoms with Gasteiger partial charge in [0.2, 0.25) is 0 Å². The quantitative estimate of drug-likeness (QED) is 0.656. The maximum atomic E-state index is 4.72. The Morgan fingerprint density at radius 2 is 2.23 bits per heavy atom. The smallest absolute Gasteiger partial charge is 0.0850 e. The first-order valence-electron chi connectivity index (χ1n) is 4.90. The molecular weight excluding hydrogens is 178 g/mol. The highest BCUT2D eigenvalue weighted by molar-refractivity contribution is 8.15. The first-order chi connectivity index (χ1) is 6.31. The fraction of sp³-hybridized carbons (Fsp3) is 0.545. The predicted molar refractivity (Wildman–Crippen MR) is 60.3 cm³/mol. The van der Waals surface area contributed by atoms with Crippen LogP contribution < -0.4 is 0 Å². The Labute approximate surface area is 84.0 Å². The summed E-state index contributed by atoms with van der Waals surface area (Å²) in [7, 11) is 0. The van der Waals surface area contributed by atoms with Crippen molar-refractivity contribution in [3.05, 3.63) is 24.3 Å². The maximum absolute atomic E-state index is 4.72. The Kier molecular flexibility index (Phi) is 2.58. The van der Waals surface area contributed by atoms with Crippen LogP contribution in [0.1, 0.15) is 20.3 Å². The highest BCUT2D eigenvalue weighted by Crippen LogP contribution is 2.34. The van der Waals surface area contributed by atoms with Crippen molar-refractivity contribution >= 4 is 16.8 Å². The summed E-state index contributed by atoms with van der Waals surface area (Å²) in [5, 5.41) is 1.92. The van der Waals surface area contributed by atoms with Crippen molar-refractivity contribution in [3.8, 4) is 0 Å². The van der Waals surface area contributed by atoms with E-state index < -0.39 is 0 Å². The van der Waals surface area contributed by atoms with Crippen LogP contribution in [0, 0.1) is 5.92 Å². The largest absolute Gasteiger partial charge is 0.274 e. The number of rotatable bonds is 2. The van der Waals surface area contributed by atoms with E-state index in [1.165, 1.54) is 11.5 Å². The highest BCUT2D eigenvalue weighted by Gasteiger charge is 2.28. The lowest BCUT2D eigenvalue weighted by Crippen LogP contribution is -2.13. The first kappa shape index (κ1) is 9.07. The molecule has 0 radical (unpaired) electrons. The van der Waals surface area contributed by atoms with Gasteiger partial charge in [-0.1, -0.05) is 38.2 Å². The molecule has 0 saturated carbocycles. The Morgan fingerprint density at radius 1 is 1.46 bits per heavy atom. The van der Waals surface area contributed by atoms with Gasteiger partial charge in [-0.15, -0.1) is 11.8 Å². The molecule has 70 valence electrons. The monoisotopic (exact) mass is 193 g/mol. The number of aliphatic imine (C=N–C) groups is 1. The number of fused-ring (bicyclic) bond motifs is 1. The highest BCUT2D eigenvalue weighted by atomic mass is 32.2. The molecule has 0 fully saturated rings. The van der Waals surface area contributed by atoms with Crippen LogP contribution in [-0.2, 0) is 0 Å². The molecule has 0 amide bonds. The van der Waals surface area contributed by atoms with Crippen molar-refractivity contribution in [1.82, 2.24) is 0 Å². The molecule has 1 aliphatic carbocycles. The van der Waals surface area contributed by atoms with E-state index in [0.717, 1.165) is 0 Å².